The fraction of sp³-hybridized carbons (Fsp3) is 0. The van der Waals surface area contributed by atoms with Gasteiger partial charge in [-0.25, -0.2) is 14.3 Å². The Labute approximate surface area is 130 Å². The average Bonchev–Trinajstić information content (AvgIpc) is 3.04. The maximum Gasteiger partial charge on any atom is 0.338 e. The maximum atomic E-state index is 11.5. The molecule has 1 heterocycles. The van der Waals surface area contributed by atoms with Gasteiger partial charge >= 0.3 is 11.9 Å². The minimum atomic E-state index is -1.34. The monoisotopic (exact) mass is 309 g/mol. The summed E-state index contributed by atoms with van der Waals surface area (Å²) in [5, 5.41) is 26.4. The van der Waals surface area contributed by atoms with Crippen molar-refractivity contribution in [2.45, 2.75) is 0 Å². The van der Waals surface area contributed by atoms with E-state index >= 15 is 0 Å². The second kappa shape index (κ2) is 5.72. The molecule has 23 heavy (non-hydrogen) atoms. The molecule has 2 aromatic carbocycles. The molecule has 0 aliphatic rings. The lowest BCUT2D eigenvalue weighted by molar-refractivity contribution is 0.0651. The summed E-state index contributed by atoms with van der Waals surface area (Å²) in [6.07, 6.45) is 1.56. The molecule has 0 spiro atoms. The van der Waals surface area contributed by atoms with Crippen LogP contribution in [0.3, 0.4) is 0 Å². The first-order valence-corrected chi connectivity index (χ1v) is 6.65. The Hall–Kier alpha value is -3.48. The second-order valence-corrected chi connectivity index (χ2v) is 4.72. The van der Waals surface area contributed by atoms with Gasteiger partial charge < -0.3 is 10.2 Å². The number of hydrogen-bond acceptors (Lipinski definition) is 4. The maximum absolute atomic E-state index is 11.5. The molecule has 114 valence electrons. The Morgan fingerprint density at radius 3 is 2.30 bits per heavy atom. The Morgan fingerprint density at radius 2 is 1.65 bits per heavy atom. The first kappa shape index (κ1) is 14.5. The lowest BCUT2D eigenvalue weighted by Gasteiger charge is -2.08. The number of aromatic carboxylic acids is 2. The number of rotatable bonds is 4. The summed E-state index contributed by atoms with van der Waals surface area (Å²) in [5.41, 5.74) is 0.899. The van der Waals surface area contributed by atoms with E-state index < -0.39 is 11.9 Å². The van der Waals surface area contributed by atoms with E-state index in [1.807, 2.05) is 30.3 Å². The van der Waals surface area contributed by atoms with Crippen LogP contribution in [0.2, 0.25) is 0 Å². The predicted molar refractivity (Wildman–Crippen MR) is 80.7 cm³/mol. The first-order chi connectivity index (χ1) is 11.1. The van der Waals surface area contributed by atoms with E-state index in [0.29, 0.717) is 5.69 Å². The van der Waals surface area contributed by atoms with Crippen LogP contribution in [0.25, 0.3) is 16.9 Å². The van der Waals surface area contributed by atoms with Crippen molar-refractivity contribution in [3.63, 3.8) is 0 Å². The standard InChI is InChI=1S/C16H11N3O4/c20-15(21)11-7-4-8-13(14(11)16(22)23)19-9-12(17-18-19)10-5-2-1-3-6-10/h1-9H,(H,20,21)(H,22,23). The second-order valence-electron chi connectivity index (χ2n) is 4.72. The largest absolute Gasteiger partial charge is 0.478 e. The number of hydrogen-bond donors (Lipinski definition) is 2. The molecule has 0 unspecified atom stereocenters. The third kappa shape index (κ3) is 2.67. The summed E-state index contributed by atoms with van der Waals surface area (Å²) >= 11 is 0. The molecule has 7 nitrogen and oxygen atoms in total. The highest BCUT2D eigenvalue weighted by molar-refractivity contribution is 6.04. The van der Waals surface area contributed by atoms with Gasteiger partial charge in [0.15, 0.2) is 0 Å². The molecule has 0 saturated carbocycles. The quantitative estimate of drug-likeness (QED) is 0.766. The highest BCUT2D eigenvalue weighted by Crippen LogP contribution is 2.22. The van der Waals surface area contributed by atoms with Crippen LogP contribution < -0.4 is 0 Å². The van der Waals surface area contributed by atoms with Gasteiger partial charge in [-0.3, -0.25) is 0 Å². The van der Waals surface area contributed by atoms with E-state index in [-0.39, 0.29) is 16.8 Å². The zero-order valence-electron chi connectivity index (χ0n) is 11.7. The zero-order chi connectivity index (χ0) is 16.4. The molecule has 3 rings (SSSR count). The molecule has 0 fully saturated rings. The van der Waals surface area contributed by atoms with Crippen LogP contribution in [-0.4, -0.2) is 37.1 Å². The normalized spacial score (nSPS) is 10.4. The van der Waals surface area contributed by atoms with Crippen LogP contribution >= 0.6 is 0 Å². The number of carboxylic acid groups (broad SMARTS) is 2. The fourth-order valence-electron chi connectivity index (χ4n) is 2.26. The van der Waals surface area contributed by atoms with Crippen molar-refractivity contribution >= 4 is 11.9 Å². The van der Waals surface area contributed by atoms with Crippen LogP contribution in [0, 0.1) is 0 Å². The SMILES string of the molecule is O=C(O)c1cccc(-n2cc(-c3ccccc3)nn2)c1C(=O)O. The summed E-state index contributed by atoms with van der Waals surface area (Å²) in [6, 6.07) is 13.5. The molecule has 7 heteroatoms. The van der Waals surface area contributed by atoms with E-state index in [2.05, 4.69) is 10.3 Å². The lowest BCUT2D eigenvalue weighted by atomic mass is 10.1. The predicted octanol–water partition coefficient (Wildman–Crippen LogP) is 2.33. The summed E-state index contributed by atoms with van der Waals surface area (Å²) in [4.78, 5) is 22.7. The van der Waals surface area contributed by atoms with Crippen LogP contribution in [0.4, 0.5) is 0 Å². The van der Waals surface area contributed by atoms with E-state index in [1.54, 1.807) is 6.20 Å². The summed E-state index contributed by atoms with van der Waals surface area (Å²) < 4.78 is 1.26. The van der Waals surface area contributed by atoms with Gasteiger partial charge in [0.1, 0.15) is 5.69 Å². The average molecular weight is 309 g/mol. The molecule has 2 N–H and O–H groups in total. The molecule has 0 atom stereocenters. The molecule has 0 aliphatic carbocycles. The van der Waals surface area contributed by atoms with Crippen LogP contribution in [-0.2, 0) is 0 Å². The third-order valence-electron chi connectivity index (χ3n) is 3.30. The van der Waals surface area contributed by atoms with Gasteiger partial charge in [0.25, 0.3) is 0 Å². The Morgan fingerprint density at radius 1 is 0.913 bits per heavy atom. The Balaban J connectivity index is 2.13. The van der Waals surface area contributed by atoms with E-state index in [1.165, 1.54) is 22.9 Å². The molecule has 0 bridgehead atoms. The number of benzene rings is 2. The molecule has 0 aliphatic heterocycles. The number of carbonyl (C=O) groups is 2. The van der Waals surface area contributed by atoms with Gasteiger partial charge in [-0.2, -0.15) is 0 Å². The van der Waals surface area contributed by atoms with Gasteiger partial charge in [-0.1, -0.05) is 41.6 Å². The minimum absolute atomic E-state index is 0.145. The van der Waals surface area contributed by atoms with Crippen molar-refractivity contribution in [2.24, 2.45) is 0 Å². The number of carboxylic acids is 2. The molecular formula is C16H11N3O4. The van der Waals surface area contributed by atoms with Crippen molar-refractivity contribution in [3.8, 4) is 16.9 Å². The Kier molecular flexibility index (Phi) is 3.60. The van der Waals surface area contributed by atoms with Crippen molar-refractivity contribution in [2.75, 3.05) is 0 Å². The fourth-order valence-corrected chi connectivity index (χ4v) is 2.26. The van der Waals surface area contributed by atoms with Crippen molar-refractivity contribution in [1.29, 1.82) is 0 Å². The smallest absolute Gasteiger partial charge is 0.338 e. The highest BCUT2D eigenvalue weighted by atomic mass is 16.4. The minimum Gasteiger partial charge on any atom is -0.478 e. The van der Waals surface area contributed by atoms with Gasteiger partial charge in [0.05, 0.1) is 23.0 Å². The molecular weight excluding hydrogens is 298 g/mol. The third-order valence-corrected chi connectivity index (χ3v) is 3.30. The summed E-state index contributed by atoms with van der Waals surface area (Å²) in [7, 11) is 0. The van der Waals surface area contributed by atoms with Gasteiger partial charge in [-0.15, -0.1) is 5.10 Å². The molecule has 1 aromatic heterocycles. The van der Waals surface area contributed by atoms with Crippen molar-refractivity contribution in [1.82, 2.24) is 15.0 Å². The number of aromatic nitrogens is 3. The van der Waals surface area contributed by atoms with Crippen LogP contribution in [0.5, 0.6) is 0 Å². The van der Waals surface area contributed by atoms with E-state index in [0.717, 1.165) is 5.56 Å². The van der Waals surface area contributed by atoms with Gasteiger partial charge in [0, 0.05) is 5.56 Å². The Bertz CT molecular complexity index is 887. The lowest BCUT2D eigenvalue weighted by Crippen LogP contribution is -2.13. The van der Waals surface area contributed by atoms with Crippen molar-refractivity contribution < 1.29 is 19.8 Å². The molecule has 0 saturated heterocycles. The first-order valence-electron chi connectivity index (χ1n) is 6.65. The number of nitrogens with zero attached hydrogens (tertiary/aromatic N) is 3. The molecule has 0 radical (unpaired) electrons. The molecule has 3 aromatic rings. The van der Waals surface area contributed by atoms with Gasteiger partial charge in [0.2, 0.25) is 0 Å². The van der Waals surface area contributed by atoms with Crippen molar-refractivity contribution in [3.05, 3.63) is 65.9 Å². The van der Waals surface area contributed by atoms with Gasteiger partial charge in [-0.05, 0) is 12.1 Å². The topological polar surface area (TPSA) is 105 Å². The summed E-state index contributed by atoms with van der Waals surface area (Å²) in [5.74, 6) is -2.65. The van der Waals surface area contributed by atoms with E-state index in [4.69, 9.17) is 5.11 Å². The zero-order valence-corrected chi connectivity index (χ0v) is 11.7. The van der Waals surface area contributed by atoms with Crippen LogP contribution in [0.1, 0.15) is 20.7 Å². The highest BCUT2D eigenvalue weighted by Gasteiger charge is 2.21. The van der Waals surface area contributed by atoms with Crippen LogP contribution in [0.15, 0.2) is 54.7 Å². The molecule has 0 amide bonds. The summed E-state index contributed by atoms with van der Waals surface area (Å²) in [6.45, 7) is 0. The van der Waals surface area contributed by atoms with E-state index in [9.17, 15) is 14.7 Å².